The maximum absolute atomic E-state index is 14.1. The van der Waals surface area contributed by atoms with Crippen molar-refractivity contribution in [3.8, 4) is 11.4 Å². The van der Waals surface area contributed by atoms with Gasteiger partial charge in [0, 0.05) is 11.8 Å². The maximum Gasteiger partial charge on any atom is 0.144 e. The second-order valence-electron chi connectivity index (χ2n) is 5.44. The van der Waals surface area contributed by atoms with Crippen molar-refractivity contribution in [3.63, 3.8) is 0 Å². The number of benzene rings is 2. The Hall–Kier alpha value is -2.72. The van der Waals surface area contributed by atoms with Crippen LogP contribution in [-0.4, -0.2) is 14.5 Å². The normalized spacial score (nSPS) is 11.1. The molecule has 0 aliphatic heterocycles. The van der Waals surface area contributed by atoms with E-state index in [1.165, 1.54) is 6.07 Å². The third-order valence-electron chi connectivity index (χ3n) is 3.94. The number of nitrogens with zero attached hydrogens (tertiary/aromatic N) is 3. The second kappa shape index (κ2) is 6.06. The highest BCUT2D eigenvalue weighted by Crippen LogP contribution is 2.29. The van der Waals surface area contributed by atoms with E-state index in [1.807, 2.05) is 47.0 Å². The Balaban J connectivity index is 1.94. The number of hydrogen-bond donors (Lipinski definition) is 0. The fourth-order valence-corrected chi connectivity index (χ4v) is 2.99. The lowest BCUT2D eigenvalue weighted by atomic mass is 10.2. The molecule has 0 bridgehead atoms. The molecule has 4 rings (SSSR count). The molecule has 2 heterocycles. The van der Waals surface area contributed by atoms with Crippen molar-refractivity contribution in [1.29, 1.82) is 0 Å². The van der Waals surface area contributed by atoms with Gasteiger partial charge in [0.25, 0.3) is 0 Å². The van der Waals surface area contributed by atoms with Gasteiger partial charge in [0.15, 0.2) is 0 Å². The van der Waals surface area contributed by atoms with E-state index < -0.39 is 0 Å². The fraction of sp³-hybridized carbons (Fsp3) is 0.0526. The van der Waals surface area contributed by atoms with Gasteiger partial charge in [-0.1, -0.05) is 41.9 Å². The summed E-state index contributed by atoms with van der Waals surface area (Å²) >= 11 is 6.25. The number of halogens is 2. The highest BCUT2D eigenvalue weighted by atomic mass is 35.5. The average Bonchev–Trinajstić information content (AvgIpc) is 2.96. The fourth-order valence-electron chi connectivity index (χ4n) is 2.79. The zero-order chi connectivity index (χ0) is 16.5. The van der Waals surface area contributed by atoms with E-state index in [2.05, 4.69) is 9.97 Å². The lowest BCUT2D eigenvalue weighted by Gasteiger charge is -2.11. The van der Waals surface area contributed by atoms with Crippen molar-refractivity contribution in [2.45, 2.75) is 6.54 Å². The molecule has 0 radical (unpaired) electrons. The van der Waals surface area contributed by atoms with Gasteiger partial charge in [0.1, 0.15) is 16.8 Å². The third-order valence-corrected chi connectivity index (χ3v) is 4.24. The molecular weight excluding hydrogens is 325 g/mol. The third kappa shape index (κ3) is 2.55. The van der Waals surface area contributed by atoms with Crippen LogP contribution in [0.15, 0.2) is 66.9 Å². The Morgan fingerprint density at radius 3 is 2.58 bits per heavy atom. The molecule has 0 saturated heterocycles. The van der Waals surface area contributed by atoms with Crippen molar-refractivity contribution < 1.29 is 4.39 Å². The Labute approximate surface area is 143 Å². The van der Waals surface area contributed by atoms with Crippen LogP contribution in [0.1, 0.15) is 5.56 Å². The Morgan fingerprint density at radius 1 is 0.958 bits per heavy atom. The van der Waals surface area contributed by atoms with Crippen LogP contribution in [0, 0.1) is 5.82 Å². The molecule has 0 fully saturated rings. The molecule has 0 unspecified atom stereocenters. The van der Waals surface area contributed by atoms with Gasteiger partial charge in [-0.05, 0) is 30.3 Å². The minimum atomic E-state index is -0.237. The number of rotatable bonds is 3. The van der Waals surface area contributed by atoms with Gasteiger partial charge in [0.2, 0.25) is 0 Å². The predicted molar refractivity (Wildman–Crippen MR) is 93.5 cm³/mol. The summed E-state index contributed by atoms with van der Waals surface area (Å²) in [4.78, 5) is 8.82. The standard InChI is InChI=1S/C19H13ClFN3/c20-18-14(7-5-11-22-18)19-23-16-9-3-4-10-17(16)24(19)12-13-6-1-2-8-15(13)21/h1-11H,12H2. The topological polar surface area (TPSA) is 30.7 Å². The van der Waals surface area contributed by atoms with Gasteiger partial charge >= 0.3 is 0 Å². The minimum absolute atomic E-state index is 0.237. The van der Waals surface area contributed by atoms with Crippen molar-refractivity contribution in [1.82, 2.24) is 14.5 Å². The highest BCUT2D eigenvalue weighted by molar-refractivity contribution is 6.32. The number of imidazole rings is 1. The van der Waals surface area contributed by atoms with E-state index in [0.717, 1.165) is 16.6 Å². The first-order chi connectivity index (χ1) is 11.7. The van der Waals surface area contributed by atoms with Crippen LogP contribution < -0.4 is 0 Å². The number of pyridine rings is 1. The van der Waals surface area contributed by atoms with Crippen molar-refractivity contribution >= 4 is 22.6 Å². The van der Waals surface area contributed by atoms with Crippen LogP contribution in [0.5, 0.6) is 0 Å². The van der Waals surface area contributed by atoms with Crippen molar-refractivity contribution in [2.75, 3.05) is 0 Å². The lowest BCUT2D eigenvalue weighted by Crippen LogP contribution is -2.04. The summed E-state index contributed by atoms with van der Waals surface area (Å²) in [6.45, 7) is 0.369. The molecule has 0 amide bonds. The van der Waals surface area contributed by atoms with E-state index >= 15 is 0 Å². The molecule has 0 saturated carbocycles. The summed E-state index contributed by atoms with van der Waals surface area (Å²) in [5, 5.41) is 0.377. The quantitative estimate of drug-likeness (QED) is 0.496. The molecule has 4 aromatic rings. The van der Waals surface area contributed by atoms with E-state index in [9.17, 15) is 4.39 Å². The molecule has 3 nitrogen and oxygen atoms in total. The van der Waals surface area contributed by atoms with Gasteiger partial charge in [-0.15, -0.1) is 0 Å². The van der Waals surface area contributed by atoms with E-state index in [-0.39, 0.29) is 5.82 Å². The number of aromatic nitrogens is 3. The van der Waals surface area contributed by atoms with Gasteiger partial charge in [-0.25, -0.2) is 14.4 Å². The molecule has 0 spiro atoms. The van der Waals surface area contributed by atoms with Crippen LogP contribution in [-0.2, 0) is 6.54 Å². The minimum Gasteiger partial charge on any atom is -0.319 e. The monoisotopic (exact) mass is 337 g/mol. The van der Waals surface area contributed by atoms with Crippen LogP contribution in [0.4, 0.5) is 4.39 Å². The summed E-state index contributed by atoms with van der Waals surface area (Å²) < 4.78 is 16.1. The van der Waals surface area contributed by atoms with Gasteiger partial charge < -0.3 is 4.57 Å². The summed E-state index contributed by atoms with van der Waals surface area (Å²) in [7, 11) is 0. The van der Waals surface area contributed by atoms with Crippen LogP contribution in [0.25, 0.3) is 22.4 Å². The average molecular weight is 338 g/mol. The number of hydrogen-bond acceptors (Lipinski definition) is 2. The molecule has 118 valence electrons. The Bertz CT molecular complexity index is 1030. The van der Waals surface area contributed by atoms with Gasteiger partial charge in [-0.3, -0.25) is 0 Å². The zero-order valence-corrected chi connectivity index (χ0v) is 13.4. The SMILES string of the molecule is Fc1ccccc1Cn1c(-c2cccnc2Cl)nc2ccccc21. The smallest absolute Gasteiger partial charge is 0.144 e. The molecule has 24 heavy (non-hydrogen) atoms. The van der Waals surface area contributed by atoms with E-state index in [1.54, 1.807) is 18.3 Å². The summed E-state index contributed by atoms with van der Waals surface area (Å²) in [5.74, 6) is 0.441. The number of para-hydroxylation sites is 2. The van der Waals surface area contributed by atoms with E-state index in [0.29, 0.717) is 23.1 Å². The van der Waals surface area contributed by atoms with Crippen LogP contribution in [0.3, 0.4) is 0 Å². The molecule has 2 aromatic heterocycles. The molecule has 0 aliphatic carbocycles. The molecule has 0 aliphatic rings. The summed E-state index contributed by atoms with van der Waals surface area (Å²) in [6, 6.07) is 18.2. The maximum atomic E-state index is 14.1. The van der Waals surface area contributed by atoms with Gasteiger partial charge in [0.05, 0.1) is 23.1 Å². The van der Waals surface area contributed by atoms with Crippen LogP contribution >= 0.6 is 11.6 Å². The first-order valence-corrected chi connectivity index (χ1v) is 7.91. The van der Waals surface area contributed by atoms with Gasteiger partial charge in [-0.2, -0.15) is 0 Å². The molecule has 0 atom stereocenters. The second-order valence-corrected chi connectivity index (χ2v) is 5.80. The first kappa shape index (κ1) is 14.8. The van der Waals surface area contributed by atoms with E-state index in [4.69, 9.17) is 11.6 Å². The molecular formula is C19H13ClFN3. The van der Waals surface area contributed by atoms with Crippen molar-refractivity contribution in [3.05, 3.63) is 83.4 Å². The molecule has 0 N–H and O–H groups in total. The predicted octanol–water partition coefficient (Wildman–Crippen LogP) is 4.94. The Kier molecular flexibility index (Phi) is 3.75. The molecule has 5 heteroatoms. The lowest BCUT2D eigenvalue weighted by molar-refractivity contribution is 0.602. The largest absolute Gasteiger partial charge is 0.319 e. The first-order valence-electron chi connectivity index (χ1n) is 7.53. The summed E-state index contributed by atoms with van der Waals surface area (Å²) in [5.41, 5.74) is 3.09. The van der Waals surface area contributed by atoms with Crippen LogP contribution in [0.2, 0.25) is 5.15 Å². The highest BCUT2D eigenvalue weighted by Gasteiger charge is 2.16. The Morgan fingerprint density at radius 2 is 1.75 bits per heavy atom. The summed E-state index contributed by atoms with van der Waals surface area (Å²) in [6.07, 6.45) is 1.63. The molecule has 2 aromatic carbocycles. The number of fused-ring (bicyclic) bond motifs is 1. The van der Waals surface area contributed by atoms with Crippen molar-refractivity contribution in [2.24, 2.45) is 0 Å². The zero-order valence-electron chi connectivity index (χ0n) is 12.7.